The Morgan fingerprint density at radius 3 is 2.81 bits per heavy atom. The first-order valence-corrected chi connectivity index (χ1v) is 8.94. The van der Waals surface area contributed by atoms with Gasteiger partial charge in [-0.25, -0.2) is 4.68 Å². The van der Waals surface area contributed by atoms with Gasteiger partial charge in [0.1, 0.15) is 12.4 Å². The molecular weight excluding hydrogens is 324 g/mol. The van der Waals surface area contributed by atoms with E-state index in [-0.39, 0.29) is 17.2 Å². The normalized spacial score (nSPS) is 21.3. The average Bonchev–Trinajstić information content (AvgIpc) is 3.06. The fourth-order valence-corrected chi connectivity index (χ4v) is 4.33. The van der Waals surface area contributed by atoms with Crippen molar-refractivity contribution in [3.8, 4) is 0 Å². The van der Waals surface area contributed by atoms with Crippen molar-refractivity contribution in [2.75, 3.05) is 5.32 Å². The van der Waals surface area contributed by atoms with Gasteiger partial charge in [0.15, 0.2) is 5.78 Å². The molecule has 2 aliphatic rings. The summed E-state index contributed by atoms with van der Waals surface area (Å²) < 4.78 is 1.84. The second-order valence-corrected chi connectivity index (χ2v) is 7.96. The van der Waals surface area contributed by atoms with Crippen LogP contribution < -0.4 is 5.32 Å². The molecule has 26 heavy (non-hydrogen) atoms. The molecule has 0 unspecified atom stereocenters. The number of ketones is 1. The third-order valence-corrected chi connectivity index (χ3v) is 5.39. The van der Waals surface area contributed by atoms with Gasteiger partial charge < -0.3 is 5.32 Å². The maximum atomic E-state index is 13.1. The third-order valence-electron chi connectivity index (χ3n) is 5.39. The molecule has 0 saturated heterocycles. The van der Waals surface area contributed by atoms with Crippen molar-refractivity contribution in [3.63, 3.8) is 0 Å². The Labute approximate surface area is 151 Å². The number of allylic oxidation sites excluding steroid dienone is 2. The molecule has 0 saturated carbocycles. The first-order chi connectivity index (χ1) is 12.5. The fourth-order valence-electron chi connectivity index (χ4n) is 4.33. The summed E-state index contributed by atoms with van der Waals surface area (Å²) in [6.45, 7) is 4.28. The number of carbonyl (C=O) groups excluding carboxylic acids is 1. The Kier molecular flexibility index (Phi) is 3.11. The lowest BCUT2D eigenvalue weighted by atomic mass is 9.73. The number of Topliss-reactive ketones (excluding diaryl/α,β-unsaturated/α-hetero) is 1. The molecule has 0 radical (unpaired) electrons. The smallest absolute Gasteiger partial charge is 0.226 e. The van der Waals surface area contributed by atoms with Crippen LogP contribution in [0.2, 0.25) is 0 Å². The molecule has 1 atom stereocenters. The monoisotopic (exact) mass is 344 g/mol. The second-order valence-electron chi connectivity index (χ2n) is 7.96. The minimum absolute atomic E-state index is 0.0472. The highest BCUT2D eigenvalue weighted by Gasteiger charge is 2.41. The van der Waals surface area contributed by atoms with Gasteiger partial charge >= 0.3 is 0 Å². The number of benzene rings is 2. The van der Waals surface area contributed by atoms with Crippen LogP contribution in [0.1, 0.15) is 38.3 Å². The standard InChI is InChI=1S/C21H20N4O/c1-21(2)10-16-18(17(26)11-21)19(25-20(24-16)22-12-23-25)15-9-5-7-13-6-3-4-8-14(13)15/h3-9,12,19H,10-11H2,1-2H3,(H,22,23,24)/t19-/m0/s1. The Bertz CT molecular complexity index is 1070. The maximum Gasteiger partial charge on any atom is 0.226 e. The quantitative estimate of drug-likeness (QED) is 0.722. The first kappa shape index (κ1) is 15.3. The Hall–Kier alpha value is -2.95. The van der Waals surface area contributed by atoms with E-state index >= 15 is 0 Å². The van der Waals surface area contributed by atoms with Gasteiger partial charge in [0.2, 0.25) is 5.95 Å². The van der Waals surface area contributed by atoms with Crippen molar-refractivity contribution < 1.29 is 4.79 Å². The van der Waals surface area contributed by atoms with Gasteiger partial charge in [-0.05, 0) is 28.2 Å². The molecule has 0 fully saturated rings. The maximum absolute atomic E-state index is 13.1. The SMILES string of the molecule is CC1(C)CC(=O)C2=C(C1)Nc1ncnn1[C@H]2c1cccc2ccccc12. The number of aromatic nitrogens is 3. The van der Waals surface area contributed by atoms with Crippen LogP contribution in [0.5, 0.6) is 0 Å². The zero-order valence-electron chi connectivity index (χ0n) is 14.9. The molecule has 5 rings (SSSR count). The van der Waals surface area contributed by atoms with Crippen molar-refractivity contribution in [2.24, 2.45) is 5.41 Å². The fraction of sp³-hybridized carbons (Fsp3) is 0.286. The molecule has 3 aromatic rings. The number of nitrogens with zero attached hydrogens (tertiary/aromatic N) is 3. The van der Waals surface area contributed by atoms with Crippen LogP contribution in [0, 0.1) is 5.41 Å². The molecular formula is C21H20N4O. The van der Waals surface area contributed by atoms with Crippen molar-refractivity contribution in [2.45, 2.75) is 32.7 Å². The molecule has 0 bridgehead atoms. The molecule has 1 aliphatic carbocycles. The predicted octanol–water partition coefficient (Wildman–Crippen LogP) is 4.09. The molecule has 2 aromatic carbocycles. The number of nitrogens with one attached hydrogen (secondary N) is 1. The van der Waals surface area contributed by atoms with Crippen molar-refractivity contribution in [1.82, 2.24) is 14.8 Å². The molecule has 130 valence electrons. The number of hydrogen-bond acceptors (Lipinski definition) is 4. The summed E-state index contributed by atoms with van der Waals surface area (Å²) in [6.07, 6.45) is 2.94. The van der Waals surface area contributed by atoms with Gasteiger partial charge in [0.25, 0.3) is 0 Å². The summed E-state index contributed by atoms with van der Waals surface area (Å²) >= 11 is 0. The van der Waals surface area contributed by atoms with Gasteiger partial charge in [0.05, 0.1) is 0 Å². The number of rotatable bonds is 1. The molecule has 5 heteroatoms. The summed E-state index contributed by atoms with van der Waals surface area (Å²) in [5, 5.41) is 10.1. The van der Waals surface area contributed by atoms with Crippen LogP contribution in [0.3, 0.4) is 0 Å². The number of fused-ring (bicyclic) bond motifs is 2. The van der Waals surface area contributed by atoms with E-state index in [9.17, 15) is 4.79 Å². The number of hydrogen-bond donors (Lipinski definition) is 1. The lowest BCUT2D eigenvalue weighted by Gasteiger charge is -2.38. The Morgan fingerprint density at radius 2 is 1.92 bits per heavy atom. The Morgan fingerprint density at radius 1 is 1.12 bits per heavy atom. The van der Waals surface area contributed by atoms with Crippen molar-refractivity contribution in [3.05, 3.63) is 65.6 Å². The topological polar surface area (TPSA) is 59.8 Å². The highest BCUT2D eigenvalue weighted by atomic mass is 16.1. The second kappa shape index (κ2) is 5.27. The summed E-state index contributed by atoms with van der Waals surface area (Å²) in [7, 11) is 0. The number of anilines is 1. The highest BCUT2D eigenvalue weighted by Crippen LogP contribution is 2.46. The van der Waals surface area contributed by atoms with E-state index in [1.54, 1.807) is 6.33 Å². The van der Waals surface area contributed by atoms with Crippen LogP contribution in [0.25, 0.3) is 10.8 Å². The largest absolute Gasteiger partial charge is 0.328 e. The molecule has 1 aromatic heterocycles. The summed E-state index contributed by atoms with van der Waals surface area (Å²) in [6, 6.07) is 14.3. The average molecular weight is 344 g/mol. The van der Waals surface area contributed by atoms with E-state index in [1.165, 1.54) is 0 Å². The van der Waals surface area contributed by atoms with Crippen LogP contribution in [-0.2, 0) is 4.79 Å². The molecule has 5 nitrogen and oxygen atoms in total. The van der Waals surface area contributed by atoms with Gasteiger partial charge in [-0.3, -0.25) is 4.79 Å². The van der Waals surface area contributed by atoms with E-state index < -0.39 is 0 Å². The van der Waals surface area contributed by atoms with E-state index in [1.807, 2.05) is 22.9 Å². The van der Waals surface area contributed by atoms with Crippen LogP contribution in [0.4, 0.5) is 5.95 Å². The number of carbonyl (C=O) groups is 1. The third kappa shape index (κ3) is 2.20. The van der Waals surface area contributed by atoms with Gasteiger partial charge in [0, 0.05) is 17.7 Å². The zero-order chi connectivity index (χ0) is 17.9. The molecule has 1 N–H and O–H groups in total. The molecule has 0 spiro atoms. The molecule has 1 aliphatic heterocycles. The first-order valence-electron chi connectivity index (χ1n) is 8.94. The molecule has 0 amide bonds. The highest BCUT2D eigenvalue weighted by molar-refractivity contribution is 6.01. The summed E-state index contributed by atoms with van der Waals surface area (Å²) in [4.78, 5) is 17.5. The van der Waals surface area contributed by atoms with Gasteiger partial charge in [-0.2, -0.15) is 10.1 Å². The minimum atomic E-state index is -0.238. The van der Waals surface area contributed by atoms with E-state index in [4.69, 9.17) is 0 Å². The lowest BCUT2D eigenvalue weighted by Crippen LogP contribution is -2.36. The lowest BCUT2D eigenvalue weighted by molar-refractivity contribution is -0.118. The summed E-state index contributed by atoms with van der Waals surface area (Å²) in [5.41, 5.74) is 2.87. The van der Waals surface area contributed by atoms with Crippen LogP contribution in [0.15, 0.2) is 60.1 Å². The summed E-state index contributed by atoms with van der Waals surface area (Å²) in [5.74, 6) is 0.898. The molecule has 2 heterocycles. The van der Waals surface area contributed by atoms with Crippen molar-refractivity contribution >= 4 is 22.5 Å². The predicted molar refractivity (Wildman–Crippen MR) is 101 cm³/mol. The van der Waals surface area contributed by atoms with E-state index in [0.29, 0.717) is 12.4 Å². The Balaban J connectivity index is 1.79. The van der Waals surface area contributed by atoms with E-state index in [2.05, 4.69) is 53.5 Å². The van der Waals surface area contributed by atoms with E-state index in [0.717, 1.165) is 34.0 Å². The van der Waals surface area contributed by atoms with Crippen molar-refractivity contribution in [1.29, 1.82) is 0 Å². The van der Waals surface area contributed by atoms with Gasteiger partial charge in [-0.15, -0.1) is 0 Å². The minimum Gasteiger partial charge on any atom is -0.328 e. The zero-order valence-corrected chi connectivity index (χ0v) is 14.9. The van der Waals surface area contributed by atoms with Crippen LogP contribution in [-0.4, -0.2) is 20.5 Å². The van der Waals surface area contributed by atoms with Crippen LogP contribution >= 0.6 is 0 Å². The van der Waals surface area contributed by atoms with Gasteiger partial charge in [-0.1, -0.05) is 56.3 Å².